The fraction of sp³-hybridized carbons (Fsp3) is 1.00. The molecule has 1 aliphatic rings. The van der Waals surface area contributed by atoms with Crippen LogP contribution in [-0.4, -0.2) is 12.1 Å². The molecule has 14 heavy (non-hydrogen) atoms. The summed E-state index contributed by atoms with van der Waals surface area (Å²) in [6, 6.07) is -0.285. The first kappa shape index (κ1) is 10.7. The summed E-state index contributed by atoms with van der Waals surface area (Å²) in [7, 11) is 0. The summed E-state index contributed by atoms with van der Waals surface area (Å²) < 4.78 is 0. The van der Waals surface area contributed by atoms with E-state index >= 15 is 0 Å². The van der Waals surface area contributed by atoms with E-state index in [-0.39, 0.29) is 12.1 Å². The van der Waals surface area contributed by atoms with Crippen LogP contribution in [0.1, 0.15) is 38.5 Å². The highest BCUT2D eigenvalue weighted by atomic mass is 15.2. The number of hydrogen-bond acceptors (Lipinski definition) is 2. The van der Waals surface area contributed by atoms with Gasteiger partial charge in [-0.3, -0.25) is 0 Å². The minimum Gasteiger partial charge on any atom is -0.0902 e. The highest BCUT2D eigenvalue weighted by Crippen LogP contribution is 2.22. The molecule has 0 N–H and O–H groups in total. The maximum Gasteiger partial charge on any atom is 0.0458 e. The summed E-state index contributed by atoms with van der Waals surface area (Å²) in [5.41, 5.74) is 16.8. The summed E-state index contributed by atoms with van der Waals surface area (Å²) >= 11 is 0. The van der Waals surface area contributed by atoms with Gasteiger partial charge in [0.25, 0.3) is 0 Å². The molecule has 0 aromatic carbocycles. The minimum atomic E-state index is -0.142. The second kappa shape index (κ2) is 6.13. The van der Waals surface area contributed by atoms with Crippen molar-refractivity contribution < 1.29 is 0 Å². The van der Waals surface area contributed by atoms with Crippen molar-refractivity contribution >= 4 is 0 Å². The third kappa shape index (κ3) is 3.17. The van der Waals surface area contributed by atoms with Crippen molar-refractivity contribution in [2.24, 2.45) is 10.2 Å². The standard InChI is InChI=1S/C8H14N6/c9-13-11-7-5-3-1-2-4-6-8(7)12-14-10/h7-8H,1-6H2/t7-,8-/m1/s1. The molecule has 1 fully saturated rings. The predicted molar refractivity (Wildman–Crippen MR) is 53.6 cm³/mol. The Hall–Kier alpha value is -1.38. The van der Waals surface area contributed by atoms with Gasteiger partial charge in [-0.05, 0) is 23.9 Å². The Morgan fingerprint density at radius 1 is 0.786 bits per heavy atom. The molecule has 0 bridgehead atoms. The molecule has 0 spiro atoms. The zero-order valence-electron chi connectivity index (χ0n) is 8.08. The van der Waals surface area contributed by atoms with Crippen molar-refractivity contribution in [3.05, 3.63) is 20.9 Å². The van der Waals surface area contributed by atoms with Gasteiger partial charge in [0.15, 0.2) is 0 Å². The zero-order valence-corrected chi connectivity index (χ0v) is 8.08. The van der Waals surface area contributed by atoms with E-state index in [1.165, 1.54) is 12.8 Å². The Kier molecular flexibility index (Phi) is 4.69. The number of nitrogens with zero attached hydrogens (tertiary/aromatic N) is 6. The van der Waals surface area contributed by atoms with Crippen LogP contribution in [-0.2, 0) is 0 Å². The number of azide groups is 2. The van der Waals surface area contributed by atoms with E-state index in [1.54, 1.807) is 0 Å². The maximum absolute atomic E-state index is 8.39. The molecule has 0 aromatic rings. The summed E-state index contributed by atoms with van der Waals surface area (Å²) in [6.07, 6.45) is 6.16. The molecular weight excluding hydrogens is 180 g/mol. The van der Waals surface area contributed by atoms with E-state index in [2.05, 4.69) is 20.1 Å². The van der Waals surface area contributed by atoms with E-state index in [4.69, 9.17) is 11.1 Å². The van der Waals surface area contributed by atoms with Crippen molar-refractivity contribution in [1.29, 1.82) is 0 Å². The summed E-state index contributed by atoms with van der Waals surface area (Å²) in [4.78, 5) is 5.61. The van der Waals surface area contributed by atoms with Crippen molar-refractivity contribution in [1.82, 2.24) is 0 Å². The Morgan fingerprint density at radius 3 is 1.57 bits per heavy atom. The number of rotatable bonds is 2. The Bertz CT molecular complexity index is 235. The maximum atomic E-state index is 8.39. The lowest BCUT2D eigenvalue weighted by Gasteiger charge is -2.21. The predicted octanol–water partition coefficient (Wildman–Crippen LogP) is 3.70. The molecule has 0 aliphatic heterocycles. The summed E-state index contributed by atoms with van der Waals surface area (Å²) in [5.74, 6) is 0. The Morgan fingerprint density at radius 2 is 1.21 bits per heavy atom. The molecule has 0 unspecified atom stereocenters. The lowest BCUT2D eigenvalue weighted by molar-refractivity contribution is 0.402. The molecule has 6 nitrogen and oxygen atoms in total. The molecule has 1 aliphatic carbocycles. The van der Waals surface area contributed by atoms with Gasteiger partial charge in [-0.1, -0.05) is 35.9 Å². The molecule has 1 saturated carbocycles. The molecule has 0 radical (unpaired) electrons. The van der Waals surface area contributed by atoms with E-state index in [0.29, 0.717) is 0 Å². The van der Waals surface area contributed by atoms with Crippen LogP contribution < -0.4 is 0 Å². The first-order chi connectivity index (χ1) is 6.88. The Balaban J connectivity index is 2.69. The van der Waals surface area contributed by atoms with Gasteiger partial charge in [-0.2, -0.15) is 0 Å². The van der Waals surface area contributed by atoms with Gasteiger partial charge in [0.05, 0.1) is 0 Å². The number of hydrogen-bond donors (Lipinski definition) is 0. The van der Waals surface area contributed by atoms with Gasteiger partial charge in [0, 0.05) is 21.9 Å². The first-order valence-electron chi connectivity index (χ1n) is 4.97. The van der Waals surface area contributed by atoms with Gasteiger partial charge >= 0.3 is 0 Å². The molecule has 6 heteroatoms. The smallest absolute Gasteiger partial charge is 0.0458 e. The third-order valence-electron chi connectivity index (χ3n) is 2.59. The molecule has 76 valence electrons. The van der Waals surface area contributed by atoms with Crippen molar-refractivity contribution in [2.45, 2.75) is 50.6 Å². The molecule has 1 rings (SSSR count). The van der Waals surface area contributed by atoms with Crippen LogP contribution >= 0.6 is 0 Å². The van der Waals surface area contributed by atoms with Crippen LogP contribution in [0.25, 0.3) is 20.9 Å². The first-order valence-corrected chi connectivity index (χ1v) is 4.97. The Labute approximate surface area is 82.6 Å². The SMILES string of the molecule is [N-]=[N+]=N[C@@H]1CCCCCC[C@H]1N=[N+]=[N-]. The molecule has 0 amide bonds. The van der Waals surface area contributed by atoms with Gasteiger partial charge in [0.2, 0.25) is 0 Å². The van der Waals surface area contributed by atoms with Crippen molar-refractivity contribution in [2.75, 3.05) is 0 Å². The monoisotopic (exact) mass is 194 g/mol. The highest BCUT2D eigenvalue weighted by Gasteiger charge is 2.20. The van der Waals surface area contributed by atoms with Crippen LogP contribution in [0, 0.1) is 0 Å². The van der Waals surface area contributed by atoms with E-state index < -0.39 is 0 Å². The van der Waals surface area contributed by atoms with E-state index in [1.807, 2.05) is 0 Å². The van der Waals surface area contributed by atoms with E-state index in [0.717, 1.165) is 25.7 Å². The lowest BCUT2D eigenvalue weighted by atomic mass is 9.93. The van der Waals surface area contributed by atoms with E-state index in [9.17, 15) is 0 Å². The summed E-state index contributed by atoms with van der Waals surface area (Å²) in [6.45, 7) is 0. The third-order valence-corrected chi connectivity index (χ3v) is 2.59. The molecular formula is C8H14N6. The molecule has 0 saturated heterocycles. The highest BCUT2D eigenvalue weighted by molar-refractivity contribution is 4.84. The van der Waals surface area contributed by atoms with Crippen molar-refractivity contribution in [3.8, 4) is 0 Å². The van der Waals surface area contributed by atoms with Gasteiger partial charge in [0.1, 0.15) is 0 Å². The van der Waals surface area contributed by atoms with Crippen molar-refractivity contribution in [3.63, 3.8) is 0 Å². The second-order valence-corrected chi connectivity index (χ2v) is 3.54. The minimum absolute atomic E-state index is 0.142. The normalized spacial score (nSPS) is 27.7. The van der Waals surface area contributed by atoms with Crippen LogP contribution in [0.5, 0.6) is 0 Å². The zero-order chi connectivity index (χ0) is 10.2. The van der Waals surface area contributed by atoms with Crippen LogP contribution in [0.2, 0.25) is 0 Å². The van der Waals surface area contributed by atoms with Gasteiger partial charge < -0.3 is 0 Å². The topological polar surface area (TPSA) is 97.5 Å². The van der Waals surface area contributed by atoms with Gasteiger partial charge in [-0.25, -0.2) is 0 Å². The fourth-order valence-corrected chi connectivity index (χ4v) is 1.85. The summed E-state index contributed by atoms with van der Waals surface area (Å²) in [5, 5.41) is 7.40. The molecule has 2 atom stereocenters. The van der Waals surface area contributed by atoms with Crippen LogP contribution in [0.15, 0.2) is 10.2 Å². The fourth-order valence-electron chi connectivity index (χ4n) is 1.85. The van der Waals surface area contributed by atoms with Gasteiger partial charge in [-0.15, -0.1) is 0 Å². The molecule has 0 heterocycles. The van der Waals surface area contributed by atoms with Crippen LogP contribution in [0.4, 0.5) is 0 Å². The average molecular weight is 194 g/mol. The largest absolute Gasteiger partial charge is 0.0902 e. The second-order valence-electron chi connectivity index (χ2n) is 3.54. The van der Waals surface area contributed by atoms with Crippen LogP contribution in [0.3, 0.4) is 0 Å². The lowest BCUT2D eigenvalue weighted by Crippen LogP contribution is -2.23. The molecule has 0 aromatic heterocycles. The quantitative estimate of drug-likeness (QED) is 0.364. The average Bonchev–Trinajstić information content (AvgIpc) is 2.16.